The second kappa shape index (κ2) is 8.39. The number of hydrogen-bond acceptors (Lipinski definition) is 3. The second-order valence-electron chi connectivity index (χ2n) is 9.09. The van der Waals surface area contributed by atoms with Crippen molar-refractivity contribution in [1.29, 1.82) is 0 Å². The molecule has 4 rings (SSSR count). The SMILES string of the molecule is C[C@](O)(c1ccc(C(=O)N(C2CC2)[C@H]2CC[C@H](c3ccc[n+]([O-])c3)CC2)cc1)C(F)(F)F. The number of nitrogens with zero attached hydrogens (tertiary/aromatic N) is 2. The molecule has 2 aliphatic carbocycles. The molecular weight excluding hydrogens is 421 g/mol. The monoisotopic (exact) mass is 448 g/mol. The summed E-state index contributed by atoms with van der Waals surface area (Å²) in [6.07, 6.45) is 3.51. The van der Waals surface area contributed by atoms with E-state index in [9.17, 15) is 28.3 Å². The Hall–Kier alpha value is -2.61. The fourth-order valence-corrected chi connectivity index (χ4v) is 4.63. The van der Waals surface area contributed by atoms with E-state index in [1.807, 2.05) is 11.0 Å². The lowest BCUT2D eigenvalue weighted by Crippen LogP contribution is -2.44. The molecule has 172 valence electrons. The Kier molecular flexibility index (Phi) is 5.92. The van der Waals surface area contributed by atoms with Crippen molar-refractivity contribution in [3.8, 4) is 0 Å². The van der Waals surface area contributed by atoms with Gasteiger partial charge in [0.25, 0.3) is 5.91 Å². The number of pyridine rings is 1. The highest BCUT2D eigenvalue weighted by Gasteiger charge is 2.51. The third-order valence-electron chi connectivity index (χ3n) is 6.78. The zero-order valence-electron chi connectivity index (χ0n) is 17.9. The molecule has 0 radical (unpaired) electrons. The molecule has 0 unspecified atom stereocenters. The van der Waals surface area contributed by atoms with Crippen LogP contribution in [0.2, 0.25) is 0 Å². The van der Waals surface area contributed by atoms with Crippen molar-refractivity contribution >= 4 is 5.91 Å². The minimum atomic E-state index is -4.80. The normalized spacial score (nSPS) is 23.4. The molecule has 0 saturated heterocycles. The molecular formula is C24H27F3N2O3. The number of halogens is 3. The van der Waals surface area contributed by atoms with Gasteiger partial charge in [0.15, 0.2) is 18.0 Å². The minimum absolute atomic E-state index is 0.0762. The lowest BCUT2D eigenvalue weighted by molar-refractivity contribution is -0.606. The molecule has 2 saturated carbocycles. The zero-order chi connectivity index (χ0) is 23.1. The van der Waals surface area contributed by atoms with Gasteiger partial charge in [-0.3, -0.25) is 4.79 Å². The van der Waals surface area contributed by atoms with Gasteiger partial charge < -0.3 is 15.2 Å². The van der Waals surface area contributed by atoms with Gasteiger partial charge in [-0.15, -0.1) is 0 Å². The van der Waals surface area contributed by atoms with E-state index in [1.54, 1.807) is 12.3 Å². The number of benzene rings is 1. The van der Waals surface area contributed by atoms with Gasteiger partial charge in [-0.25, -0.2) is 0 Å². The second-order valence-corrected chi connectivity index (χ2v) is 9.09. The summed E-state index contributed by atoms with van der Waals surface area (Å²) < 4.78 is 40.1. The largest absolute Gasteiger partial charge is 0.619 e. The molecule has 1 amide bonds. The van der Waals surface area contributed by atoms with Crippen LogP contribution in [0.1, 0.15) is 72.9 Å². The summed E-state index contributed by atoms with van der Waals surface area (Å²) in [5, 5.41) is 21.4. The van der Waals surface area contributed by atoms with Crippen molar-refractivity contribution in [3.63, 3.8) is 0 Å². The van der Waals surface area contributed by atoms with Gasteiger partial charge in [-0.1, -0.05) is 12.1 Å². The Morgan fingerprint density at radius 3 is 2.09 bits per heavy atom. The molecule has 0 spiro atoms. The Morgan fingerprint density at radius 2 is 1.59 bits per heavy atom. The van der Waals surface area contributed by atoms with Crippen LogP contribution in [0, 0.1) is 5.21 Å². The third kappa shape index (κ3) is 4.46. The maximum absolute atomic E-state index is 13.3. The number of hydrogen-bond donors (Lipinski definition) is 1. The van der Waals surface area contributed by atoms with Crippen LogP contribution in [-0.4, -0.2) is 34.2 Å². The average molecular weight is 448 g/mol. The molecule has 2 fully saturated rings. The summed E-state index contributed by atoms with van der Waals surface area (Å²) in [5.74, 6) is 0.110. The van der Waals surface area contributed by atoms with Gasteiger partial charge in [0.05, 0.1) is 0 Å². The van der Waals surface area contributed by atoms with Gasteiger partial charge in [0, 0.05) is 29.3 Å². The number of aliphatic hydroxyl groups is 1. The number of amides is 1. The van der Waals surface area contributed by atoms with E-state index < -0.39 is 11.8 Å². The van der Waals surface area contributed by atoms with Crippen LogP contribution in [0.25, 0.3) is 0 Å². The number of alkyl halides is 3. The fraction of sp³-hybridized carbons (Fsp3) is 0.500. The zero-order valence-corrected chi connectivity index (χ0v) is 17.9. The molecule has 0 bridgehead atoms. The van der Waals surface area contributed by atoms with Crippen molar-refractivity contribution in [2.24, 2.45) is 0 Å². The van der Waals surface area contributed by atoms with Gasteiger partial charge in [-0.05, 0) is 75.1 Å². The van der Waals surface area contributed by atoms with Crippen molar-refractivity contribution in [2.75, 3.05) is 0 Å². The highest BCUT2D eigenvalue weighted by atomic mass is 19.4. The van der Waals surface area contributed by atoms with Crippen LogP contribution in [-0.2, 0) is 5.60 Å². The maximum Gasteiger partial charge on any atom is 0.421 e. The first kappa shape index (κ1) is 22.6. The Labute approximate surface area is 185 Å². The van der Waals surface area contributed by atoms with Gasteiger partial charge in [0.2, 0.25) is 0 Å². The molecule has 5 nitrogen and oxygen atoms in total. The van der Waals surface area contributed by atoms with E-state index >= 15 is 0 Å². The standard InChI is InChI=1S/C24H27F3N2O3/c1-23(31,24(25,26)27)19-8-4-17(5-9-19)22(30)29(21-12-13-21)20-10-6-16(7-11-20)18-3-2-14-28(32)15-18/h2-5,8-9,14-16,20-21,31H,6-7,10-13H2,1H3/t16-,20-,23-/m0/s1. The first-order chi connectivity index (χ1) is 15.1. The Balaban J connectivity index is 1.46. The van der Waals surface area contributed by atoms with E-state index in [0.29, 0.717) is 12.5 Å². The number of aromatic nitrogens is 1. The predicted molar refractivity (Wildman–Crippen MR) is 112 cm³/mol. The van der Waals surface area contributed by atoms with Gasteiger partial charge in [0.1, 0.15) is 0 Å². The molecule has 0 aliphatic heterocycles. The summed E-state index contributed by atoms with van der Waals surface area (Å²) in [6, 6.07) is 9.04. The maximum atomic E-state index is 13.3. The highest BCUT2D eigenvalue weighted by molar-refractivity contribution is 5.95. The molecule has 1 aromatic heterocycles. The van der Waals surface area contributed by atoms with E-state index in [0.717, 1.165) is 48.8 Å². The molecule has 1 heterocycles. The van der Waals surface area contributed by atoms with Crippen molar-refractivity contribution in [1.82, 2.24) is 4.90 Å². The summed E-state index contributed by atoms with van der Waals surface area (Å²) in [6.45, 7) is 0.708. The molecule has 32 heavy (non-hydrogen) atoms. The number of carbonyl (C=O) groups is 1. The average Bonchev–Trinajstić information content (AvgIpc) is 3.59. The lowest BCUT2D eigenvalue weighted by Gasteiger charge is -2.37. The van der Waals surface area contributed by atoms with Crippen molar-refractivity contribution in [2.45, 2.75) is 75.2 Å². The number of carbonyl (C=O) groups excluding carboxylic acids is 1. The van der Waals surface area contributed by atoms with Crippen molar-refractivity contribution < 1.29 is 27.8 Å². The van der Waals surface area contributed by atoms with E-state index in [2.05, 4.69) is 0 Å². The van der Waals surface area contributed by atoms with Crippen LogP contribution in [0.5, 0.6) is 0 Å². The van der Waals surface area contributed by atoms with Gasteiger partial charge in [-0.2, -0.15) is 17.9 Å². The van der Waals surface area contributed by atoms with E-state index in [4.69, 9.17) is 0 Å². The first-order valence-electron chi connectivity index (χ1n) is 11.0. The lowest BCUT2D eigenvalue weighted by atomic mass is 9.81. The van der Waals surface area contributed by atoms with E-state index in [1.165, 1.54) is 30.5 Å². The molecule has 1 N–H and O–H groups in total. The van der Waals surface area contributed by atoms with Crippen LogP contribution in [0.15, 0.2) is 48.8 Å². The topological polar surface area (TPSA) is 67.5 Å². The highest BCUT2D eigenvalue weighted by Crippen LogP contribution is 2.40. The summed E-state index contributed by atoms with van der Waals surface area (Å²) >= 11 is 0. The quantitative estimate of drug-likeness (QED) is 0.544. The minimum Gasteiger partial charge on any atom is -0.619 e. The predicted octanol–water partition coefficient (Wildman–Crippen LogP) is 4.42. The van der Waals surface area contributed by atoms with Crippen LogP contribution < -0.4 is 4.73 Å². The third-order valence-corrected chi connectivity index (χ3v) is 6.78. The first-order valence-corrected chi connectivity index (χ1v) is 11.0. The molecule has 1 atom stereocenters. The summed E-state index contributed by atoms with van der Waals surface area (Å²) in [7, 11) is 0. The Bertz CT molecular complexity index is 963. The Morgan fingerprint density at radius 1 is 1.03 bits per heavy atom. The van der Waals surface area contributed by atoms with Crippen LogP contribution >= 0.6 is 0 Å². The van der Waals surface area contributed by atoms with Crippen LogP contribution in [0.3, 0.4) is 0 Å². The van der Waals surface area contributed by atoms with E-state index in [-0.39, 0.29) is 29.5 Å². The summed E-state index contributed by atoms with van der Waals surface area (Å²) in [4.78, 5) is 15.2. The number of rotatable bonds is 5. The molecule has 8 heteroatoms. The molecule has 2 aliphatic rings. The van der Waals surface area contributed by atoms with Crippen molar-refractivity contribution in [3.05, 3.63) is 70.7 Å². The smallest absolute Gasteiger partial charge is 0.421 e. The molecule has 2 aromatic rings. The molecule has 1 aromatic carbocycles. The fourth-order valence-electron chi connectivity index (χ4n) is 4.63. The van der Waals surface area contributed by atoms with Gasteiger partial charge >= 0.3 is 6.18 Å². The van der Waals surface area contributed by atoms with Crippen LogP contribution in [0.4, 0.5) is 13.2 Å². The summed E-state index contributed by atoms with van der Waals surface area (Å²) in [5.41, 5.74) is -1.92.